The van der Waals surface area contributed by atoms with Gasteiger partial charge < -0.3 is 19.5 Å². The van der Waals surface area contributed by atoms with Crippen LogP contribution >= 0.6 is 0 Å². The van der Waals surface area contributed by atoms with E-state index in [4.69, 9.17) is 4.74 Å². The van der Waals surface area contributed by atoms with Crippen molar-refractivity contribution in [2.24, 2.45) is 0 Å². The zero-order chi connectivity index (χ0) is 17.9. The van der Waals surface area contributed by atoms with Crippen LogP contribution in [-0.2, 0) is 9.53 Å². The molecule has 1 N–H and O–H groups in total. The lowest BCUT2D eigenvalue weighted by atomic mass is 10.0. The molecule has 1 fully saturated rings. The maximum absolute atomic E-state index is 12.1. The molecule has 0 aromatic heterocycles. The van der Waals surface area contributed by atoms with Crippen molar-refractivity contribution in [1.29, 1.82) is 0 Å². The number of aryl methyl sites for hydroxylation is 1. The average molecular weight is 334 g/mol. The zero-order valence-electron chi connectivity index (χ0n) is 14.8. The molecule has 0 unspecified atom stereocenters. The molecule has 132 valence electrons. The number of carboxylic acids is 1. The van der Waals surface area contributed by atoms with Crippen LogP contribution in [0.3, 0.4) is 0 Å². The van der Waals surface area contributed by atoms with E-state index in [2.05, 4.69) is 0 Å². The van der Waals surface area contributed by atoms with Crippen molar-refractivity contribution in [2.45, 2.75) is 39.3 Å². The molecular formula is C18H26N2O4. The van der Waals surface area contributed by atoms with Gasteiger partial charge in [-0.2, -0.15) is 0 Å². The van der Waals surface area contributed by atoms with Crippen molar-refractivity contribution in [3.05, 3.63) is 35.4 Å². The number of carboxylic acid groups (broad SMARTS) is 1. The van der Waals surface area contributed by atoms with Crippen LogP contribution in [0.15, 0.2) is 24.3 Å². The number of amides is 1. The summed E-state index contributed by atoms with van der Waals surface area (Å²) in [5.74, 6) is -1.08. The number of ether oxygens (including phenoxy) is 1. The highest BCUT2D eigenvalue weighted by molar-refractivity contribution is 5.72. The fraction of sp³-hybridized carbons (Fsp3) is 0.556. The van der Waals surface area contributed by atoms with E-state index < -0.39 is 17.6 Å². The third-order valence-corrected chi connectivity index (χ3v) is 4.11. The van der Waals surface area contributed by atoms with E-state index in [0.29, 0.717) is 26.2 Å². The summed E-state index contributed by atoms with van der Waals surface area (Å²) in [4.78, 5) is 26.3. The number of hydrogen-bond donors (Lipinski definition) is 1. The van der Waals surface area contributed by atoms with Gasteiger partial charge in [0.25, 0.3) is 0 Å². The van der Waals surface area contributed by atoms with E-state index in [1.54, 1.807) is 4.90 Å². The zero-order valence-corrected chi connectivity index (χ0v) is 14.8. The number of hydrogen-bond acceptors (Lipinski definition) is 4. The van der Waals surface area contributed by atoms with Gasteiger partial charge in [-0.25, -0.2) is 4.79 Å². The topological polar surface area (TPSA) is 74.1 Å². The van der Waals surface area contributed by atoms with E-state index in [1.165, 1.54) is 0 Å². The predicted octanol–water partition coefficient (Wildman–Crippen LogP) is -0.0784. The first-order valence-electron chi connectivity index (χ1n) is 8.27. The first-order valence-corrected chi connectivity index (χ1v) is 8.27. The smallest absolute Gasteiger partial charge is 0.410 e. The molecule has 2 rings (SSSR count). The highest BCUT2D eigenvalue weighted by Crippen LogP contribution is 2.13. The number of piperazine rings is 1. The number of aliphatic carboxylic acids is 1. The fourth-order valence-corrected chi connectivity index (χ4v) is 2.89. The van der Waals surface area contributed by atoms with Crippen LogP contribution in [0.4, 0.5) is 4.79 Å². The van der Waals surface area contributed by atoms with Crippen molar-refractivity contribution >= 4 is 12.1 Å². The highest BCUT2D eigenvalue weighted by Gasteiger charge is 2.32. The highest BCUT2D eigenvalue weighted by atomic mass is 16.6. The molecule has 1 amide bonds. The first-order chi connectivity index (χ1) is 11.2. The van der Waals surface area contributed by atoms with Gasteiger partial charge >= 0.3 is 6.09 Å². The Kier molecular flexibility index (Phi) is 5.49. The Balaban J connectivity index is 2.02. The summed E-state index contributed by atoms with van der Waals surface area (Å²) in [6.45, 7) is 9.49. The van der Waals surface area contributed by atoms with Gasteiger partial charge in [0, 0.05) is 5.56 Å². The second-order valence-electron chi connectivity index (χ2n) is 7.29. The molecule has 1 atom stereocenters. The molecule has 24 heavy (non-hydrogen) atoms. The molecule has 6 nitrogen and oxygen atoms in total. The van der Waals surface area contributed by atoms with Gasteiger partial charge in [-0.05, 0) is 27.7 Å². The molecule has 0 radical (unpaired) electrons. The number of benzene rings is 1. The Morgan fingerprint density at radius 1 is 1.17 bits per heavy atom. The van der Waals surface area contributed by atoms with Crippen LogP contribution in [0.2, 0.25) is 0 Å². The monoisotopic (exact) mass is 334 g/mol. The first kappa shape index (κ1) is 18.3. The third-order valence-electron chi connectivity index (χ3n) is 4.11. The molecule has 1 aliphatic heterocycles. The predicted molar refractivity (Wildman–Crippen MR) is 87.4 cm³/mol. The number of rotatable bonds is 3. The average Bonchev–Trinajstić information content (AvgIpc) is 2.48. The molecule has 1 heterocycles. The minimum Gasteiger partial charge on any atom is -0.544 e. The van der Waals surface area contributed by atoms with E-state index in [0.717, 1.165) is 16.0 Å². The lowest BCUT2D eigenvalue weighted by molar-refractivity contribution is -0.928. The van der Waals surface area contributed by atoms with Crippen molar-refractivity contribution in [2.75, 3.05) is 26.2 Å². The van der Waals surface area contributed by atoms with Crippen LogP contribution < -0.4 is 10.0 Å². The number of nitrogens with one attached hydrogen (secondary N) is 1. The van der Waals surface area contributed by atoms with Gasteiger partial charge in [-0.15, -0.1) is 0 Å². The molecule has 1 saturated heterocycles. The van der Waals surface area contributed by atoms with Gasteiger partial charge in [0.1, 0.15) is 11.6 Å². The number of nitrogens with zero attached hydrogens (tertiary/aromatic N) is 1. The minimum atomic E-state index is -1.08. The summed E-state index contributed by atoms with van der Waals surface area (Å²) < 4.78 is 5.37. The molecule has 0 bridgehead atoms. The molecule has 1 aromatic rings. The van der Waals surface area contributed by atoms with Crippen molar-refractivity contribution in [3.63, 3.8) is 0 Å². The molecule has 0 spiro atoms. The van der Waals surface area contributed by atoms with Crippen molar-refractivity contribution < 1.29 is 24.3 Å². The maximum Gasteiger partial charge on any atom is 0.410 e. The summed E-state index contributed by atoms with van der Waals surface area (Å²) in [6.07, 6.45) is -0.345. The Bertz CT molecular complexity index is 584. The summed E-state index contributed by atoms with van der Waals surface area (Å²) in [7, 11) is 0. The number of carbonyl (C=O) groups excluding carboxylic acids is 2. The number of quaternary nitrogens is 1. The van der Waals surface area contributed by atoms with Gasteiger partial charge in [0.2, 0.25) is 0 Å². The summed E-state index contributed by atoms with van der Waals surface area (Å²) in [6, 6.07) is 6.77. The fourth-order valence-electron chi connectivity index (χ4n) is 2.89. The van der Waals surface area contributed by atoms with E-state index >= 15 is 0 Å². The van der Waals surface area contributed by atoms with Crippen LogP contribution in [-0.4, -0.2) is 48.7 Å². The van der Waals surface area contributed by atoms with Gasteiger partial charge in [0.15, 0.2) is 6.04 Å². The van der Waals surface area contributed by atoms with Crippen LogP contribution in [0.5, 0.6) is 0 Å². The Morgan fingerprint density at radius 3 is 2.17 bits per heavy atom. The van der Waals surface area contributed by atoms with E-state index in [9.17, 15) is 14.7 Å². The third kappa shape index (κ3) is 4.71. The molecule has 1 aliphatic rings. The second kappa shape index (κ2) is 7.21. The second-order valence-corrected chi connectivity index (χ2v) is 7.29. The summed E-state index contributed by atoms with van der Waals surface area (Å²) in [5.41, 5.74) is 1.29. The Morgan fingerprint density at radius 2 is 1.71 bits per heavy atom. The Labute approximate surface area is 143 Å². The largest absolute Gasteiger partial charge is 0.544 e. The molecule has 0 aliphatic carbocycles. The SMILES string of the molecule is Cc1ccc([C@H](C(=O)[O-])[NH+]2CCN(C(=O)OC(C)(C)C)CC2)cc1. The van der Waals surface area contributed by atoms with Gasteiger partial charge in [-0.3, -0.25) is 4.90 Å². The lowest BCUT2D eigenvalue weighted by Gasteiger charge is -2.37. The van der Waals surface area contributed by atoms with E-state index in [-0.39, 0.29) is 6.09 Å². The molecule has 1 aromatic carbocycles. The van der Waals surface area contributed by atoms with Crippen LogP contribution in [0, 0.1) is 6.92 Å². The standard InChI is InChI=1S/C18H26N2O4/c1-13-5-7-14(8-6-13)15(16(21)22)19-9-11-20(12-10-19)17(23)24-18(2,3)4/h5-8,15H,9-12H2,1-4H3,(H,21,22)/t15-/m1/s1. The normalized spacial score (nSPS) is 17.4. The quantitative estimate of drug-likeness (QED) is 0.839. The maximum atomic E-state index is 12.1. The number of carbonyl (C=O) groups is 2. The minimum absolute atomic E-state index is 0.345. The van der Waals surface area contributed by atoms with Crippen LogP contribution in [0.1, 0.15) is 37.9 Å². The van der Waals surface area contributed by atoms with Crippen molar-refractivity contribution in [1.82, 2.24) is 4.90 Å². The molecule has 6 heteroatoms. The molecular weight excluding hydrogens is 308 g/mol. The van der Waals surface area contributed by atoms with Crippen molar-refractivity contribution in [3.8, 4) is 0 Å². The Hall–Kier alpha value is -2.08. The summed E-state index contributed by atoms with van der Waals surface area (Å²) >= 11 is 0. The van der Waals surface area contributed by atoms with Gasteiger partial charge in [0.05, 0.1) is 26.2 Å². The van der Waals surface area contributed by atoms with Gasteiger partial charge in [-0.1, -0.05) is 29.8 Å². The lowest BCUT2D eigenvalue weighted by Crippen LogP contribution is -3.16. The van der Waals surface area contributed by atoms with Crippen LogP contribution in [0.25, 0.3) is 0 Å². The summed E-state index contributed by atoms with van der Waals surface area (Å²) in [5, 5.41) is 11.6. The molecule has 0 saturated carbocycles. The van der Waals surface area contributed by atoms with E-state index in [1.807, 2.05) is 52.0 Å².